The minimum absolute atomic E-state index is 0.0189. The van der Waals surface area contributed by atoms with Crippen molar-refractivity contribution >= 4 is 16.8 Å². The van der Waals surface area contributed by atoms with Gasteiger partial charge in [-0.15, -0.1) is 0 Å². The van der Waals surface area contributed by atoms with Crippen LogP contribution in [-0.2, 0) is 17.8 Å². The number of rotatable bonds is 6. The maximum Gasteiger partial charge on any atom is 0.224 e. The van der Waals surface area contributed by atoms with Crippen molar-refractivity contribution in [1.29, 1.82) is 0 Å². The van der Waals surface area contributed by atoms with Crippen LogP contribution in [0.3, 0.4) is 0 Å². The maximum absolute atomic E-state index is 12.2. The second-order valence-electron chi connectivity index (χ2n) is 5.53. The smallest absolute Gasteiger partial charge is 0.224 e. The van der Waals surface area contributed by atoms with E-state index in [9.17, 15) is 4.79 Å². The fraction of sp³-hybridized carbons (Fsp3) is 0.211. The number of carbonyl (C=O) groups is 1. The molecule has 124 valence electrons. The van der Waals surface area contributed by atoms with Gasteiger partial charge in [0, 0.05) is 23.6 Å². The van der Waals surface area contributed by atoms with Gasteiger partial charge in [-0.1, -0.05) is 12.1 Å². The van der Waals surface area contributed by atoms with E-state index in [2.05, 4.69) is 10.3 Å². The van der Waals surface area contributed by atoms with Gasteiger partial charge in [0.25, 0.3) is 0 Å². The molecule has 0 unspecified atom stereocenters. The number of benzene rings is 2. The summed E-state index contributed by atoms with van der Waals surface area (Å²) in [4.78, 5) is 15.4. The SMILES string of the molecule is COc1ccc(CNC(=O)Cc2c[nH]c3ccc(OC)cc23)cc1. The lowest BCUT2D eigenvalue weighted by Gasteiger charge is -2.06. The van der Waals surface area contributed by atoms with Gasteiger partial charge in [-0.05, 0) is 41.5 Å². The van der Waals surface area contributed by atoms with Crippen LogP contribution >= 0.6 is 0 Å². The highest BCUT2D eigenvalue weighted by atomic mass is 16.5. The lowest BCUT2D eigenvalue weighted by Crippen LogP contribution is -2.24. The van der Waals surface area contributed by atoms with E-state index < -0.39 is 0 Å². The van der Waals surface area contributed by atoms with Crippen LogP contribution in [0.4, 0.5) is 0 Å². The first-order valence-corrected chi connectivity index (χ1v) is 7.73. The Morgan fingerprint density at radius 2 is 1.75 bits per heavy atom. The summed E-state index contributed by atoms with van der Waals surface area (Å²) in [6, 6.07) is 13.4. The number of amides is 1. The summed E-state index contributed by atoms with van der Waals surface area (Å²) in [5.41, 5.74) is 2.98. The van der Waals surface area contributed by atoms with Crippen molar-refractivity contribution in [1.82, 2.24) is 10.3 Å². The molecule has 0 spiro atoms. The van der Waals surface area contributed by atoms with Gasteiger partial charge < -0.3 is 19.8 Å². The highest BCUT2D eigenvalue weighted by Crippen LogP contribution is 2.24. The van der Waals surface area contributed by atoms with Crippen molar-refractivity contribution in [3.05, 3.63) is 59.8 Å². The van der Waals surface area contributed by atoms with Crippen LogP contribution < -0.4 is 14.8 Å². The van der Waals surface area contributed by atoms with Crippen LogP contribution in [-0.4, -0.2) is 25.1 Å². The largest absolute Gasteiger partial charge is 0.497 e. The standard InChI is InChI=1S/C19H20N2O3/c1-23-15-5-3-13(4-6-15)11-21-19(22)9-14-12-20-18-8-7-16(24-2)10-17(14)18/h3-8,10,12,20H,9,11H2,1-2H3,(H,21,22). The molecule has 0 aliphatic heterocycles. The molecule has 0 aliphatic rings. The molecule has 0 aliphatic carbocycles. The van der Waals surface area contributed by atoms with Gasteiger partial charge in [-0.2, -0.15) is 0 Å². The maximum atomic E-state index is 12.2. The fourth-order valence-electron chi connectivity index (χ4n) is 2.61. The van der Waals surface area contributed by atoms with E-state index in [0.29, 0.717) is 13.0 Å². The zero-order valence-corrected chi connectivity index (χ0v) is 13.8. The first-order valence-electron chi connectivity index (χ1n) is 7.73. The Balaban J connectivity index is 1.64. The Bertz CT molecular complexity index is 837. The van der Waals surface area contributed by atoms with Crippen LogP contribution in [0.5, 0.6) is 11.5 Å². The number of fused-ring (bicyclic) bond motifs is 1. The van der Waals surface area contributed by atoms with E-state index in [4.69, 9.17) is 9.47 Å². The van der Waals surface area contributed by atoms with Gasteiger partial charge in [0.15, 0.2) is 0 Å². The molecule has 0 bridgehead atoms. The van der Waals surface area contributed by atoms with Crippen molar-refractivity contribution in [2.45, 2.75) is 13.0 Å². The molecule has 0 atom stereocenters. The van der Waals surface area contributed by atoms with Gasteiger partial charge in [-0.3, -0.25) is 4.79 Å². The molecular formula is C19H20N2O3. The van der Waals surface area contributed by atoms with Crippen molar-refractivity contribution in [2.24, 2.45) is 0 Å². The van der Waals surface area contributed by atoms with E-state index in [1.807, 2.05) is 48.7 Å². The van der Waals surface area contributed by atoms with Crippen molar-refractivity contribution in [2.75, 3.05) is 14.2 Å². The van der Waals surface area contributed by atoms with E-state index >= 15 is 0 Å². The predicted molar refractivity (Wildman–Crippen MR) is 93.4 cm³/mol. The van der Waals surface area contributed by atoms with Crippen molar-refractivity contribution in [3.8, 4) is 11.5 Å². The second-order valence-corrected chi connectivity index (χ2v) is 5.53. The highest BCUT2D eigenvalue weighted by Gasteiger charge is 2.09. The van der Waals surface area contributed by atoms with Crippen LogP contribution in [0, 0.1) is 0 Å². The summed E-state index contributed by atoms with van der Waals surface area (Å²) in [5, 5.41) is 3.95. The highest BCUT2D eigenvalue weighted by molar-refractivity contribution is 5.89. The Labute approximate surface area is 140 Å². The van der Waals surface area contributed by atoms with E-state index in [0.717, 1.165) is 33.5 Å². The normalized spacial score (nSPS) is 10.6. The summed E-state index contributed by atoms with van der Waals surface area (Å²) in [6.45, 7) is 0.495. The number of nitrogens with one attached hydrogen (secondary N) is 2. The quantitative estimate of drug-likeness (QED) is 0.732. The molecule has 0 saturated heterocycles. The van der Waals surface area contributed by atoms with Gasteiger partial charge in [-0.25, -0.2) is 0 Å². The monoisotopic (exact) mass is 324 g/mol. The molecule has 1 amide bonds. The number of hydrogen-bond donors (Lipinski definition) is 2. The first kappa shape index (κ1) is 15.9. The molecule has 1 heterocycles. The number of aromatic nitrogens is 1. The van der Waals surface area contributed by atoms with Crippen LogP contribution in [0.15, 0.2) is 48.7 Å². The summed E-state index contributed by atoms with van der Waals surface area (Å²) in [5.74, 6) is 1.56. The number of hydrogen-bond acceptors (Lipinski definition) is 3. The minimum Gasteiger partial charge on any atom is -0.497 e. The first-order chi connectivity index (χ1) is 11.7. The van der Waals surface area contributed by atoms with E-state index in [-0.39, 0.29) is 5.91 Å². The number of aromatic amines is 1. The zero-order valence-electron chi connectivity index (χ0n) is 13.8. The zero-order chi connectivity index (χ0) is 16.9. The molecule has 0 radical (unpaired) electrons. The van der Waals surface area contributed by atoms with Crippen molar-refractivity contribution in [3.63, 3.8) is 0 Å². The summed E-state index contributed by atoms with van der Waals surface area (Å²) in [7, 11) is 3.27. The molecule has 0 fully saturated rings. The molecule has 5 heteroatoms. The Kier molecular flexibility index (Phi) is 4.70. The number of ether oxygens (including phenoxy) is 2. The average molecular weight is 324 g/mol. The molecule has 3 rings (SSSR count). The second kappa shape index (κ2) is 7.08. The van der Waals surface area contributed by atoms with Gasteiger partial charge >= 0.3 is 0 Å². The van der Waals surface area contributed by atoms with E-state index in [1.54, 1.807) is 14.2 Å². The molecule has 5 nitrogen and oxygen atoms in total. The van der Waals surface area contributed by atoms with Crippen molar-refractivity contribution < 1.29 is 14.3 Å². The van der Waals surface area contributed by atoms with Gasteiger partial charge in [0.05, 0.1) is 20.6 Å². The third kappa shape index (κ3) is 3.51. The van der Waals surface area contributed by atoms with Gasteiger partial charge in [0.1, 0.15) is 11.5 Å². The number of carbonyl (C=O) groups excluding carboxylic acids is 1. The molecule has 3 aromatic rings. The summed E-state index contributed by atoms with van der Waals surface area (Å²) >= 11 is 0. The minimum atomic E-state index is -0.0189. The summed E-state index contributed by atoms with van der Waals surface area (Å²) < 4.78 is 10.4. The Morgan fingerprint density at radius 3 is 2.46 bits per heavy atom. The van der Waals surface area contributed by atoms with Gasteiger partial charge in [0.2, 0.25) is 5.91 Å². The number of methoxy groups -OCH3 is 2. The topological polar surface area (TPSA) is 63.3 Å². The summed E-state index contributed by atoms with van der Waals surface area (Å²) in [6.07, 6.45) is 2.19. The lowest BCUT2D eigenvalue weighted by atomic mass is 10.1. The third-order valence-corrected chi connectivity index (χ3v) is 3.97. The third-order valence-electron chi connectivity index (χ3n) is 3.97. The molecule has 1 aromatic heterocycles. The van der Waals surface area contributed by atoms with Crippen LogP contribution in [0.2, 0.25) is 0 Å². The molecule has 2 N–H and O–H groups in total. The van der Waals surface area contributed by atoms with E-state index in [1.165, 1.54) is 0 Å². The fourth-order valence-corrected chi connectivity index (χ4v) is 2.61. The predicted octanol–water partition coefficient (Wildman–Crippen LogP) is 3.04. The number of H-pyrrole nitrogens is 1. The Hall–Kier alpha value is -2.95. The van der Waals surface area contributed by atoms with Crippen LogP contribution in [0.1, 0.15) is 11.1 Å². The Morgan fingerprint density at radius 1 is 1.04 bits per heavy atom. The molecule has 0 saturated carbocycles. The molecule has 24 heavy (non-hydrogen) atoms. The average Bonchev–Trinajstić information content (AvgIpc) is 3.02. The van der Waals surface area contributed by atoms with Crippen LogP contribution in [0.25, 0.3) is 10.9 Å². The lowest BCUT2D eigenvalue weighted by molar-refractivity contribution is -0.120. The molecular weight excluding hydrogens is 304 g/mol. The molecule has 2 aromatic carbocycles.